The summed E-state index contributed by atoms with van der Waals surface area (Å²) in [5.74, 6) is 0. The monoisotopic (exact) mass is 305 g/mol. The lowest BCUT2D eigenvalue weighted by Crippen LogP contribution is -2.56. The molecule has 0 saturated carbocycles. The first-order valence-corrected chi connectivity index (χ1v) is 8.36. The number of nitrogens with zero attached hydrogens (tertiary/aromatic N) is 1. The highest BCUT2D eigenvalue weighted by molar-refractivity contribution is 4.88. The van der Waals surface area contributed by atoms with Crippen LogP contribution >= 0.6 is 0 Å². The van der Waals surface area contributed by atoms with Crippen LogP contribution in [0.25, 0.3) is 0 Å². The number of likely N-dealkylation sites (tertiary alicyclic amines) is 1. The van der Waals surface area contributed by atoms with Gasteiger partial charge in [-0.3, -0.25) is 4.90 Å². The summed E-state index contributed by atoms with van der Waals surface area (Å²) in [6.07, 6.45) is 8.02. The smallest absolute Gasteiger partial charge is 0.0976 e. The molecule has 3 atom stereocenters. The molecular weight excluding hydrogens is 270 g/mol. The molecule has 5 nitrogen and oxygen atoms in total. The van der Waals surface area contributed by atoms with Crippen LogP contribution in [0.4, 0.5) is 0 Å². The Hall–Kier alpha value is -0.200. The van der Waals surface area contributed by atoms with Crippen LogP contribution in [-0.4, -0.2) is 70.4 Å². The first-order chi connectivity index (χ1) is 10.2. The Morgan fingerprint density at radius 2 is 1.52 bits per heavy atom. The summed E-state index contributed by atoms with van der Waals surface area (Å²) in [5, 5.41) is 35.8. The second-order valence-electron chi connectivity index (χ2n) is 5.75. The van der Waals surface area contributed by atoms with Crippen molar-refractivity contribution in [1.29, 1.82) is 0 Å². The van der Waals surface area contributed by atoms with E-state index in [9.17, 15) is 15.3 Å². The van der Waals surface area contributed by atoms with Crippen LogP contribution in [0.2, 0.25) is 0 Å². The van der Waals surface area contributed by atoms with Gasteiger partial charge >= 0.3 is 0 Å². The van der Waals surface area contributed by atoms with E-state index in [-0.39, 0.29) is 12.6 Å². The molecule has 5 heteroatoms. The predicted octanol–water partition coefficient (Wildman–Crippen LogP) is 1.13. The van der Waals surface area contributed by atoms with E-state index in [1.807, 2.05) is 0 Å². The molecule has 0 aromatic heterocycles. The fourth-order valence-electron chi connectivity index (χ4n) is 2.88. The minimum Gasteiger partial charge on any atom is -0.400 e. The van der Waals surface area contributed by atoms with Crippen LogP contribution in [0, 0.1) is 0 Å². The van der Waals surface area contributed by atoms with Gasteiger partial charge in [-0.2, -0.15) is 0 Å². The van der Waals surface area contributed by atoms with Crippen molar-refractivity contribution in [2.75, 3.05) is 26.8 Å². The van der Waals surface area contributed by atoms with E-state index in [0.717, 1.165) is 26.6 Å². The van der Waals surface area contributed by atoms with Crippen LogP contribution in [0.3, 0.4) is 0 Å². The van der Waals surface area contributed by atoms with E-state index >= 15 is 0 Å². The quantitative estimate of drug-likeness (QED) is 0.480. The molecule has 1 fully saturated rings. The minimum absolute atomic E-state index is 0.0747. The number of unbranched alkanes of at least 4 members (excludes halogenated alkanes) is 6. The van der Waals surface area contributed by atoms with Crippen LogP contribution in [0.15, 0.2) is 0 Å². The third-order valence-electron chi connectivity index (χ3n) is 4.21. The molecule has 4 N–H and O–H groups in total. The van der Waals surface area contributed by atoms with Gasteiger partial charge in [-0.25, -0.2) is 0 Å². The van der Waals surface area contributed by atoms with Crippen molar-refractivity contribution in [2.24, 2.45) is 0 Å². The molecule has 0 spiro atoms. The molecule has 1 rings (SSSR count). The van der Waals surface area contributed by atoms with Crippen molar-refractivity contribution >= 4 is 0 Å². The van der Waals surface area contributed by atoms with Gasteiger partial charge in [-0.1, -0.05) is 45.4 Å². The van der Waals surface area contributed by atoms with Crippen molar-refractivity contribution in [3.63, 3.8) is 0 Å². The summed E-state index contributed by atoms with van der Waals surface area (Å²) in [6.45, 7) is 3.85. The lowest BCUT2D eigenvalue weighted by Gasteiger charge is -2.40. The summed E-state index contributed by atoms with van der Waals surface area (Å²) in [4.78, 5) is 2.13. The average Bonchev–Trinajstić information content (AvgIpc) is 2.52. The molecule has 1 saturated heterocycles. The van der Waals surface area contributed by atoms with E-state index in [2.05, 4.69) is 11.8 Å². The van der Waals surface area contributed by atoms with E-state index in [1.165, 1.54) is 38.5 Å². The zero-order chi connectivity index (χ0) is 16.1. The SMILES string of the molecule is CCCCCCCCCN1CCC(O)C(O)C1CO.CO. The maximum absolute atomic E-state index is 9.86. The molecule has 1 aliphatic heterocycles. The highest BCUT2D eigenvalue weighted by Crippen LogP contribution is 2.19. The molecule has 0 amide bonds. The van der Waals surface area contributed by atoms with Gasteiger partial charge in [0.15, 0.2) is 0 Å². The van der Waals surface area contributed by atoms with Crippen molar-refractivity contribution in [3.05, 3.63) is 0 Å². The number of aliphatic hydroxyl groups excluding tert-OH is 4. The first kappa shape index (κ1) is 20.8. The topological polar surface area (TPSA) is 84.2 Å². The maximum Gasteiger partial charge on any atom is 0.0976 e. The lowest BCUT2D eigenvalue weighted by atomic mass is 9.96. The average molecular weight is 305 g/mol. The van der Waals surface area contributed by atoms with E-state index in [1.54, 1.807) is 0 Å². The number of piperidine rings is 1. The third kappa shape index (κ3) is 8.12. The molecule has 1 heterocycles. The molecule has 0 radical (unpaired) electrons. The highest BCUT2D eigenvalue weighted by Gasteiger charge is 2.34. The van der Waals surface area contributed by atoms with Crippen molar-refractivity contribution < 1.29 is 20.4 Å². The van der Waals surface area contributed by atoms with Crippen LogP contribution in [0.5, 0.6) is 0 Å². The molecule has 0 aromatic rings. The van der Waals surface area contributed by atoms with Gasteiger partial charge < -0.3 is 20.4 Å². The standard InChI is InChI=1S/C15H31NO3.CH4O/c1-2-3-4-5-6-7-8-10-16-11-9-14(18)15(19)13(16)12-17;1-2/h13-15,17-19H,2-12H2,1H3;2H,1H3. The Kier molecular flexibility index (Phi) is 13.3. The van der Waals surface area contributed by atoms with Gasteiger partial charge in [-0.15, -0.1) is 0 Å². The summed E-state index contributed by atoms with van der Waals surface area (Å²) in [5.41, 5.74) is 0. The Morgan fingerprint density at radius 1 is 0.952 bits per heavy atom. The Bertz CT molecular complexity index is 228. The molecular formula is C16H35NO4. The lowest BCUT2D eigenvalue weighted by molar-refractivity contribution is -0.0896. The number of hydrogen-bond donors (Lipinski definition) is 4. The molecule has 21 heavy (non-hydrogen) atoms. The summed E-state index contributed by atoms with van der Waals surface area (Å²) in [7, 11) is 1.00. The fourth-order valence-corrected chi connectivity index (χ4v) is 2.88. The van der Waals surface area contributed by atoms with E-state index in [4.69, 9.17) is 5.11 Å². The van der Waals surface area contributed by atoms with Crippen molar-refractivity contribution in [2.45, 2.75) is 76.5 Å². The minimum atomic E-state index is -0.802. The first-order valence-electron chi connectivity index (χ1n) is 8.36. The Labute approximate surface area is 129 Å². The number of aliphatic hydroxyl groups is 4. The summed E-state index contributed by atoms with van der Waals surface area (Å²) >= 11 is 0. The number of hydrogen-bond acceptors (Lipinski definition) is 5. The summed E-state index contributed by atoms with van der Waals surface area (Å²) < 4.78 is 0. The van der Waals surface area contributed by atoms with Crippen molar-refractivity contribution in [1.82, 2.24) is 4.90 Å². The molecule has 3 unspecified atom stereocenters. The second-order valence-corrected chi connectivity index (χ2v) is 5.75. The fraction of sp³-hybridized carbons (Fsp3) is 1.00. The zero-order valence-electron chi connectivity index (χ0n) is 13.7. The normalized spacial score (nSPS) is 26.3. The molecule has 0 aliphatic carbocycles. The second kappa shape index (κ2) is 13.5. The van der Waals surface area contributed by atoms with E-state index < -0.39 is 12.2 Å². The van der Waals surface area contributed by atoms with Gasteiger partial charge in [0, 0.05) is 13.7 Å². The van der Waals surface area contributed by atoms with Gasteiger partial charge in [0.25, 0.3) is 0 Å². The van der Waals surface area contributed by atoms with Crippen molar-refractivity contribution in [3.8, 4) is 0 Å². The predicted molar refractivity (Wildman–Crippen MR) is 85.2 cm³/mol. The van der Waals surface area contributed by atoms with Crippen LogP contribution in [-0.2, 0) is 0 Å². The maximum atomic E-state index is 9.86. The van der Waals surface area contributed by atoms with Crippen LogP contribution < -0.4 is 0 Å². The molecule has 0 bridgehead atoms. The van der Waals surface area contributed by atoms with E-state index in [0.29, 0.717) is 6.42 Å². The zero-order valence-corrected chi connectivity index (χ0v) is 13.7. The molecule has 0 aromatic carbocycles. The largest absolute Gasteiger partial charge is 0.400 e. The Balaban J connectivity index is 0.00000191. The van der Waals surface area contributed by atoms with Gasteiger partial charge in [0.2, 0.25) is 0 Å². The third-order valence-corrected chi connectivity index (χ3v) is 4.21. The highest BCUT2D eigenvalue weighted by atomic mass is 16.3. The molecule has 1 aliphatic rings. The number of rotatable bonds is 9. The summed E-state index contributed by atoms with van der Waals surface area (Å²) in [6, 6.07) is -0.288. The van der Waals surface area contributed by atoms with Gasteiger partial charge in [0.1, 0.15) is 0 Å². The molecule has 128 valence electrons. The van der Waals surface area contributed by atoms with Gasteiger partial charge in [0.05, 0.1) is 24.9 Å². The van der Waals surface area contributed by atoms with Crippen LogP contribution in [0.1, 0.15) is 58.3 Å². The Morgan fingerprint density at radius 3 is 2.10 bits per heavy atom. The van der Waals surface area contributed by atoms with Gasteiger partial charge in [-0.05, 0) is 19.4 Å².